The second kappa shape index (κ2) is 5.93. The Hall–Kier alpha value is -1.79. The Labute approximate surface area is 147 Å². The minimum absolute atomic E-state index is 0.0302. The van der Waals surface area contributed by atoms with Crippen LogP contribution in [0.2, 0.25) is 0 Å². The van der Waals surface area contributed by atoms with E-state index < -0.39 is 5.78 Å². The summed E-state index contributed by atoms with van der Waals surface area (Å²) in [7, 11) is 0. The van der Waals surface area contributed by atoms with Gasteiger partial charge in [0.25, 0.3) is 0 Å². The Morgan fingerprint density at radius 3 is 2.21 bits per heavy atom. The zero-order valence-electron chi connectivity index (χ0n) is 12.8. The molecule has 1 fully saturated rings. The largest absolute Gasteiger partial charge is 0.508 e. The normalized spacial score (nSPS) is 17.4. The average Bonchev–Trinajstić information content (AvgIpc) is 2.54. The van der Waals surface area contributed by atoms with Crippen LogP contribution < -0.4 is 0 Å². The van der Waals surface area contributed by atoms with E-state index in [0.29, 0.717) is 12.0 Å². The van der Waals surface area contributed by atoms with E-state index in [9.17, 15) is 20.1 Å². The van der Waals surface area contributed by atoms with Crippen molar-refractivity contribution in [1.29, 1.82) is 0 Å². The zero-order chi connectivity index (χ0) is 16.8. The lowest BCUT2D eigenvalue weighted by molar-refractivity contribution is 0.103. The van der Waals surface area contributed by atoms with E-state index in [1.54, 1.807) is 6.07 Å². The Morgan fingerprint density at radius 1 is 0.875 bits per heavy atom. The van der Waals surface area contributed by atoms with Gasteiger partial charge in [0.15, 0.2) is 0 Å². The summed E-state index contributed by atoms with van der Waals surface area (Å²) in [5.74, 6) is 1.45. The molecule has 3 N–H and O–H groups in total. The van der Waals surface area contributed by atoms with Crippen molar-refractivity contribution in [2.75, 3.05) is 11.5 Å². The molecular weight excluding hydrogens is 344 g/mol. The van der Waals surface area contributed by atoms with Gasteiger partial charge in [-0.3, -0.25) is 4.79 Å². The Balaban J connectivity index is 1.81. The van der Waals surface area contributed by atoms with Crippen LogP contribution in [0, 0.1) is 0 Å². The molecule has 0 unspecified atom stereocenters. The third kappa shape index (κ3) is 2.54. The minimum Gasteiger partial charge on any atom is -0.508 e. The molecule has 1 aliphatic carbocycles. The van der Waals surface area contributed by atoms with Gasteiger partial charge in [0, 0.05) is 6.07 Å². The van der Waals surface area contributed by atoms with Crippen molar-refractivity contribution in [1.82, 2.24) is 0 Å². The van der Waals surface area contributed by atoms with E-state index in [2.05, 4.69) is 0 Å². The van der Waals surface area contributed by atoms with Crippen molar-refractivity contribution >= 4 is 29.3 Å². The molecule has 0 amide bonds. The van der Waals surface area contributed by atoms with Crippen molar-refractivity contribution in [2.45, 2.75) is 17.4 Å². The van der Waals surface area contributed by atoms with Gasteiger partial charge in [-0.05, 0) is 53.2 Å². The quantitative estimate of drug-likeness (QED) is 0.613. The van der Waals surface area contributed by atoms with Crippen LogP contribution in [0.25, 0.3) is 0 Å². The van der Waals surface area contributed by atoms with Gasteiger partial charge >= 0.3 is 0 Å². The lowest BCUT2D eigenvalue weighted by Gasteiger charge is -2.25. The molecule has 0 atom stereocenters. The first-order valence-electron chi connectivity index (χ1n) is 7.73. The number of thioether (sulfide) groups is 2. The molecule has 4 rings (SSSR count). The number of phenolic OH excluding ortho intramolecular Hbond substituents is 3. The van der Waals surface area contributed by atoms with E-state index in [1.807, 2.05) is 29.6 Å². The van der Waals surface area contributed by atoms with Gasteiger partial charge in [0.2, 0.25) is 5.78 Å². The lowest BCUT2D eigenvalue weighted by Crippen LogP contribution is -2.16. The minimum atomic E-state index is -0.392. The van der Waals surface area contributed by atoms with Crippen LogP contribution >= 0.6 is 23.5 Å². The van der Waals surface area contributed by atoms with E-state index in [1.165, 1.54) is 12.5 Å². The Morgan fingerprint density at radius 2 is 1.50 bits per heavy atom. The number of hydrogen-bond acceptors (Lipinski definition) is 6. The summed E-state index contributed by atoms with van der Waals surface area (Å²) in [5.41, 5.74) is 2.79. The number of ketones is 1. The summed E-state index contributed by atoms with van der Waals surface area (Å²) in [6, 6.07) is 6.31. The molecule has 1 aliphatic heterocycles. The van der Waals surface area contributed by atoms with Crippen LogP contribution in [0.3, 0.4) is 0 Å². The maximum atomic E-state index is 12.7. The van der Waals surface area contributed by atoms with Crippen LogP contribution in [0.15, 0.2) is 24.3 Å². The number of benzene rings is 2. The first-order chi connectivity index (χ1) is 11.5. The van der Waals surface area contributed by atoms with Crippen molar-refractivity contribution < 1.29 is 20.1 Å². The molecule has 4 nitrogen and oxygen atoms in total. The second-order valence-electron chi connectivity index (χ2n) is 6.01. The molecule has 0 saturated carbocycles. The highest BCUT2D eigenvalue weighted by molar-refractivity contribution is 8.16. The first kappa shape index (κ1) is 15.7. The molecule has 6 heteroatoms. The Bertz CT molecular complexity index is 841. The fourth-order valence-corrected chi connectivity index (χ4v) is 6.18. The zero-order valence-corrected chi connectivity index (χ0v) is 14.4. The first-order valence-corrected chi connectivity index (χ1v) is 9.83. The SMILES string of the molecule is O=C1c2c(O)cc(O)cc2Cc2cc(C3SCCCS3)cc(O)c21. The maximum absolute atomic E-state index is 12.7. The summed E-state index contributed by atoms with van der Waals surface area (Å²) >= 11 is 3.71. The summed E-state index contributed by atoms with van der Waals surface area (Å²) < 4.78 is 0.268. The van der Waals surface area contributed by atoms with Crippen LogP contribution in [0.5, 0.6) is 17.2 Å². The molecular formula is C18H16O4S2. The summed E-state index contributed by atoms with van der Waals surface area (Å²) in [5, 5.41) is 30.1. The van der Waals surface area contributed by atoms with Crippen LogP contribution in [-0.4, -0.2) is 32.6 Å². The fourth-order valence-electron chi connectivity index (χ4n) is 3.33. The number of carbonyl (C=O) groups excluding carboxylic acids is 1. The fraction of sp³-hybridized carbons (Fsp3) is 0.278. The third-order valence-electron chi connectivity index (χ3n) is 4.34. The molecule has 24 heavy (non-hydrogen) atoms. The number of fused-ring (bicyclic) bond motifs is 2. The number of rotatable bonds is 1. The average molecular weight is 360 g/mol. The topological polar surface area (TPSA) is 77.8 Å². The predicted molar refractivity (Wildman–Crippen MR) is 96.4 cm³/mol. The van der Waals surface area contributed by atoms with Gasteiger partial charge in [-0.25, -0.2) is 0 Å². The summed E-state index contributed by atoms with van der Waals surface area (Å²) in [6.45, 7) is 0. The predicted octanol–water partition coefficient (Wildman–Crippen LogP) is 3.81. The molecule has 0 spiro atoms. The molecule has 1 saturated heterocycles. The highest BCUT2D eigenvalue weighted by atomic mass is 32.2. The highest BCUT2D eigenvalue weighted by Gasteiger charge is 2.31. The standard InChI is InChI=1S/C18H16O4S2/c19-12-6-10-4-9-5-11(18-23-2-1-3-24-18)7-13(20)15(9)17(22)16(10)14(21)8-12/h5-8,18-21H,1-4H2. The summed E-state index contributed by atoms with van der Waals surface area (Å²) in [4.78, 5) is 12.7. The van der Waals surface area contributed by atoms with Crippen LogP contribution in [0.1, 0.15) is 43.6 Å². The smallest absolute Gasteiger partial charge is 0.201 e. The van der Waals surface area contributed by atoms with E-state index in [4.69, 9.17) is 0 Å². The number of hydrogen-bond donors (Lipinski definition) is 3. The summed E-state index contributed by atoms with van der Waals surface area (Å²) in [6.07, 6.45) is 1.59. The van der Waals surface area contributed by atoms with Gasteiger partial charge in [0.1, 0.15) is 17.2 Å². The molecule has 0 bridgehead atoms. The van der Waals surface area contributed by atoms with Gasteiger partial charge in [0.05, 0.1) is 15.7 Å². The second-order valence-corrected chi connectivity index (χ2v) is 8.73. The molecule has 1 heterocycles. The molecule has 2 aromatic rings. The Kier molecular flexibility index (Phi) is 3.89. The molecule has 124 valence electrons. The molecule has 2 aromatic carbocycles. The molecule has 0 radical (unpaired) electrons. The van der Waals surface area contributed by atoms with Gasteiger partial charge in [-0.15, -0.1) is 23.5 Å². The van der Waals surface area contributed by atoms with Crippen molar-refractivity contribution in [3.05, 3.63) is 52.1 Å². The van der Waals surface area contributed by atoms with Gasteiger partial charge < -0.3 is 15.3 Å². The lowest BCUT2D eigenvalue weighted by atomic mass is 9.83. The monoisotopic (exact) mass is 360 g/mol. The number of aromatic hydroxyl groups is 3. The van der Waals surface area contributed by atoms with Crippen LogP contribution in [-0.2, 0) is 6.42 Å². The molecule has 2 aliphatic rings. The highest BCUT2D eigenvalue weighted by Crippen LogP contribution is 2.47. The number of carbonyl (C=O) groups is 1. The van der Waals surface area contributed by atoms with Crippen LogP contribution in [0.4, 0.5) is 0 Å². The molecule has 0 aromatic heterocycles. The van der Waals surface area contributed by atoms with Crippen molar-refractivity contribution in [3.63, 3.8) is 0 Å². The number of phenols is 3. The van der Waals surface area contributed by atoms with Gasteiger partial charge in [-0.2, -0.15) is 0 Å². The van der Waals surface area contributed by atoms with Crippen molar-refractivity contribution in [3.8, 4) is 17.2 Å². The third-order valence-corrected chi connectivity index (χ3v) is 7.35. The van der Waals surface area contributed by atoms with Gasteiger partial charge in [-0.1, -0.05) is 6.07 Å². The van der Waals surface area contributed by atoms with E-state index in [-0.39, 0.29) is 33.0 Å². The van der Waals surface area contributed by atoms with E-state index in [0.717, 1.165) is 28.7 Å². The maximum Gasteiger partial charge on any atom is 0.201 e. The van der Waals surface area contributed by atoms with Crippen molar-refractivity contribution in [2.24, 2.45) is 0 Å². The van der Waals surface area contributed by atoms with E-state index >= 15 is 0 Å².